The fourth-order valence-electron chi connectivity index (χ4n) is 2.08. The topological polar surface area (TPSA) is 29.3 Å². The van der Waals surface area contributed by atoms with E-state index < -0.39 is 5.92 Å². The monoisotopic (exact) mass is 206 g/mol. The average molecular weight is 206 g/mol. The molecular formula is C10H20F2N2. The van der Waals surface area contributed by atoms with Gasteiger partial charge in [-0.15, -0.1) is 0 Å². The Bertz CT molecular complexity index is 199. The summed E-state index contributed by atoms with van der Waals surface area (Å²) in [5.41, 5.74) is 5.61. The second-order valence-corrected chi connectivity index (χ2v) is 5.19. The second-order valence-electron chi connectivity index (χ2n) is 5.19. The summed E-state index contributed by atoms with van der Waals surface area (Å²) >= 11 is 0. The maximum absolute atomic E-state index is 13.0. The Hall–Kier alpha value is -0.220. The van der Waals surface area contributed by atoms with E-state index in [-0.39, 0.29) is 24.4 Å². The lowest BCUT2D eigenvalue weighted by Gasteiger charge is -2.37. The van der Waals surface area contributed by atoms with E-state index in [1.165, 1.54) is 0 Å². The van der Waals surface area contributed by atoms with Gasteiger partial charge < -0.3 is 5.73 Å². The summed E-state index contributed by atoms with van der Waals surface area (Å²) in [6.45, 7) is 6.90. The highest BCUT2D eigenvalue weighted by Gasteiger charge is 2.43. The molecule has 1 unspecified atom stereocenters. The number of hydrogen-bond acceptors (Lipinski definition) is 2. The molecule has 1 heterocycles. The molecule has 1 aliphatic rings. The van der Waals surface area contributed by atoms with E-state index in [0.717, 1.165) is 0 Å². The van der Waals surface area contributed by atoms with Crippen molar-refractivity contribution in [1.29, 1.82) is 0 Å². The van der Waals surface area contributed by atoms with Crippen LogP contribution in [0, 0.1) is 5.41 Å². The van der Waals surface area contributed by atoms with Gasteiger partial charge in [0, 0.05) is 25.6 Å². The molecule has 0 radical (unpaired) electrons. The van der Waals surface area contributed by atoms with E-state index in [9.17, 15) is 8.78 Å². The zero-order valence-corrected chi connectivity index (χ0v) is 9.19. The predicted octanol–water partition coefficient (Wildman–Crippen LogP) is 1.70. The van der Waals surface area contributed by atoms with Crippen molar-refractivity contribution >= 4 is 0 Å². The molecule has 1 fully saturated rings. The Kier molecular flexibility index (Phi) is 3.17. The van der Waals surface area contributed by atoms with Crippen molar-refractivity contribution < 1.29 is 8.78 Å². The summed E-state index contributed by atoms with van der Waals surface area (Å²) in [4.78, 5) is 1.82. The van der Waals surface area contributed by atoms with Crippen molar-refractivity contribution in [2.75, 3.05) is 19.6 Å². The van der Waals surface area contributed by atoms with Crippen LogP contribution in [0.2, 0.25) is 0 Å². The largest absolute Gasteiger partial charge is 0.329 e. The van der Waals surface area contributed by atoms with Crippen LogP contribution in [-0.2, 0) is 0 Å². The smallest absolute Gasteiger partial charge is 0.261 e. The molecule has 0 aromatic heterocycles. The lowest BCUT2D eigenvalue weighted by molar-refractivity contribution is 0.000655. The van der Waals surface area contributed by atoms with Gasteiger partial charge in [-0.3, -0.25) is 4.90 Å². The molecule has 2 nitrogen and oxygen atoms in total. The van der Waals surface area contributed by atoms with Crippen LogP contribution >= 0.6 is 0 Å². The highest BCUT2D eigenvalue weighted by molar-refractivity contribution is 4.91. The fraction of sp³-hybridized carbons (Fsp3) is 1.00. The van der Waals surface area contributed by atoms with Gasteiger partial charge in [-0.2, -0.15) is 0 Å². The van der Waals surface area contributed by atoms with E-state index in [2.05, 4.69) is 0 Å². The molecule has 1 aliphatic heterocycles. The van der Waals surface area contributed by atoms with E-state index in [1.54, 1.807) is 0 Å². The molecule has 84 valence electrons. The van der Waals surface area contributed by atoms with Crippen LogP contribution < -0.4 is 5.73 Å². The van der Waals surface area contributed by atoms with Crippen molar-refractivity contribution in [1.82, 2.24) is 4.90 Å². The summed E-state index contributed by atoms with van der Waals surface area (Å²) in [6, 6.07) is 0.0517. The van der Waals surface area contributed by atoms with Gasteiger partial charge in [0.25, 0.3) is 5.92 Å². The summed E-state index contributed by atoms with van der Waals surface area (Å²) in [5, 5.41) is 0. The van der Waals surface area contributed by atoms with Crippen LogP contribution in [0.4, 0.5) is 8.78 Å². The van der Waals surface area contributed by atoms with Crippen LogP contribution in [0.5, 0.6) is 0 Å². The Morgan fingerprint density at radius 1 is 1.43 bits per heavy atom. The van der Waals surface area contributed by atoms with Crippen molar-refractivity contribution in [2.24, 2.45) is 11.1 Å². The molecule has 1 rings (SSSR count). The molecule has 0 amide bonds. The Labute approximate surface area is 84.4 Å². The molecule has 2 N–H and O–H groups in total. The van der Waals surface area contributed by atoms with Crippen molar-refractivity contribution in [3.8, 4) is 0 Å². The summed E-state index contributed by atoms with van der Waals surface area (Å²) in [6.07, 6.45) is -0.0282. The van der Waals surface area contributed by atoms with Crippen molar-refractivity contribution in [3.05, 3.63) is 0 Å². The maximum atomic E-state index is 13.0. The standard InChI is InChI=1S/C10H20F2N2/c1-9(2,3)8(6-13)14-5-4-10(11,12)7-14/h8H,4-7,13H2,1-3H3. The van der Waals surface area contributed by atoms with E-state index >= 15 is 0 Å². The van der Waals surface area contributed by atoms with Gasteiger partial charge in [-0.05, 0) is 5.41 Å². The van der Waals surface area contributed by atoms with Crippen molar-refractivity contribution in [2.45, 2.75) is 39.2 Å². The van der Waals surface area contributed by atoms with Gasteiger partial charge in [0.1, 0.15) is 0 Å². The molecule has 0 saturated carbocycles. The van der Waals surface area contributed by atoms with Gasteiger partial charge >= 0.3 is 0 Å². The zero-order valence-electron chi connectivity index (χ0n) is 9.19. The second kappa shape index (κ2) is 3.74. The molecule has 0 aromatic rings. The average Bonchev–Trinajstić information content (AvgIpc) is 2.29. The van der Waals surface area contributed by atoms with Gasteiger partial charge in [0.15, 0.2) is 0 Å². The van der Waals surface area contributed by atoms with Crippen LogP contribution in [-0.4, -0.2) is 36.5 Å². The molecule has 0 bridgehead atoms. The van der Waals surface area contributed by atoms with Crippen LogP contribution in [0.25, 0.3) is 0 Å². The third kappa shape index (κ3) is 2.64. The third-order valence-electron chi connectivity index (χ3n) is 2.86. The highest BCUT2D eigenvalue weighted by atomic mass is 19.3. The van der Waals surface area contributed by atoms with Crippen LogP contribution in [0.15, 0.2) is 0 Å². The lowest BCUT2D eigenvalue weighted by Crippen LogP contribution is -2.48. The highest BCUT2D eigenvalue weighted by Crippen LogP contribution is 2.33. The summed E-state index contributed by atoms with van der Waals surface area (Å²) in [7, 11) is 0. The summed E-state index contributed by atoms with van der Waals surface area (Å²) < 4.78 is 26.0. The minimum atomic E-state index is -2.52. The number of alkyl halides is 2. The number of rotatable bonds is 2. The molecular weight excluding hydrogens is 186 g/mol. The normalized spacial score (nSPS) is 25.3. The summed E-state index contributed by atoms with van der Waals surface area (Å²) in [5.74, 6) is -2.52. The van der Waals surface area contributed by atoms with Crippen LogP contribution in [0.1, 0.15) is 27.2 Å². The molecule has 14 heavy (non-hydrogen) atoms. The Morgan fingerprint density at radius 2 is 2.00 bits per heavy atom. The van der Waals surface area contributed by atoms with Gasteiger partial charge in [-0.1, -0.05) is 20.8 Å². The van der Waals surface area contributed by atoms with E-state index in [1.807, 2.05) is 25.7 Å². The molecule has 0 spiro atoms. The first-order valence-electron chi connectivity index (χ1n) is 5.08. The first-order valence-corrected chi connectivity index (χ1v) is 5.08. The minimum Gasteiger partial charge on any atom is -0.329 e. The molecule has 4 heteroatoms. The Balaban J connectivity index is 2.65. The quantitative estimate of drug-likeness (QED) is 0.745. The molecule has 1 saturated heterocycles. The molecule has 0 aromatic carbocycles. The maximum Gasteiger partial charge on any atom is 0.261 e. The predicted molar refractivity (Wildman–Crippen MR) is 53.4 cm³/mol. The van der Waals surface area contributed by atoms with Gasteiger partial charge in [0.05, 0.1) is 6.54 Å². The first kappa shape index (κ1) is 11.9. The Morgan fingerprint density at radius 3 is 2.29 bits per heavy atom. The van der Waals surface area contributed by atoms with E-state index in [0.29, 0.717) is 13.1 Å². The number of nitrogens with two attached hydrogens (primary N) is 1. The third-order valence-corrected chi connectivity index (χ3v) is 2.86. The van der Waals surface area contributed by atoms with Gasteiger partial charge in [-0.25, -0.2) is 8.78 Å². The number of likely N-dealkylation sites (tertiary alicyclic amines) is 1. The number of halogens is 2. The van der Waals surface area contributed by atoms with Gasteiger partial charge in [0.2, 0.25) is 0 Å². The molecule has 0 aliphatic carbocycles. The minimum absolute atomic E-state index is 0.0282. The lowest BCUT2D eigenvalue weighted by atomic mass is 9.86. The SMILES string of the molecule is CC(C)(C)C(CN)N1CCC(F)(F)C1. The van der Waals surface area contributed by atoms with Crippen molar-refractivity contribution in [3.63, 3.8) is 0 Å². The zero-order chi connectivity index (χ0) is 11.0. The number of hydrogen-bond donors (Lipinski definition) is 1. The van der Waals surface area contributed by atoms with Crippen LogP contribution in [0.3, 0.4) is 0 Å². The van der Waals surface area contributed by atoms with E-state index in [4.69, 9.17) is 5.73 Å². The number of nitrogens with zero attached hydrogens (tertiary/aromatic N) is 1. The first-order chi connectivity index (χ1) is 6.26. The fourth-order valence-corrected chi connectivity index (χ4v) is 2.08. The molecule has 1 atom stereocenters.